The zero-order valence-electron chi connectivity index (χ0n) is 14.1. The van der Waals surface area contributed by atoms with Crippen LogP contribution < -0.4 is 10.6 Å². The summed E-state index contributed by atoms with van der Waals surface area (Å²) in [6.45, 7) is 8.84. The highest BCUT2D eigenvalue weighted by Gasteiger charge is 2.26. The summed E-state index contributed by atoms with van der Waals surface area (Å²) in [5, 5.41) is 6.42. The van der Waals surface area contributed by atoms with Crippen molar-refractivity contribution in [2.24, 2.45) is 0 Å². The molecule has 1 unspecified atom stereocenters. The lowest BCUT2D eigenvalue weighted by Gasteiger charge is -2.37. The van der Waals surface area contributed by atoms with Gasteiger partial charge in [0.15, 0.2) is 0 Å². The maximum Gasteiger partial charge on any atom is 0.238 e. The second-order valence-electron chi connectivity index (χ2n) is 6.47. The number of halogens is 2. The summed E-state index contributed by atoms with van der Waals surface area (Å²) in [6.07, 6.45) is 1.25. The quantitative estimate of drug-likeness (QED) is 0.788. The topological polar surface area (TPSA) is 47.6 Å². The Hall–Kier alpha value is -0.660. The Morgan fingerprint density at radius 1 is 1.33 bits per heavy atom. The van der Waals surface area contributed by atoms with Crippen molar-refractivity contribution < 1.29 is 4.79 Å². The van der Waals surface area contributed by atoms with Crippen molar-refractivity contribution in [1.82, 2.24) is 15.1 Å². The number of anilines is 1. The Morgan fingerprint density at radius 3 is 2.71 bits per heavy atom. The molecule has 2 aliphatic rings. The van der Waals surface area contributed by atoms with Crippen molar-refractivity contribution in [1.29, 1.82) is 0 Å². The van der Waals surface area contributed by atoms with E-state index < -0.39 is 0 Å². The Morgan fingerprint density at radius 2 is 2.08 bits per heavy atom. The standard InChI is InChI=1S/C17H25BrN4O.ClH/c1-13-10-14(2-3-16(13)18)20-17(23)12-21-6-8-22(9-7-21)15-4-5-19-11-15;/h2-3,10,15,19H,4-9,11-12H2,1H3,(H,20,23);1H. The lowest BCUT2D eigenvalue weighted by Crippen LogP contribution is -2.52. The number of nitrogens with one attached hydrogen (secondary N) is 2. The SMILES string of the molecule is Cc1cc(NC(=O)CN2CCN(C3CCNC3)CC2)ccc1Br.Cl. The van der Waals surface area contributed by atoms with Gasteiger partial charge in [-0.25, -0.2) is 0 Å². The van der Waals surface area contributed by atoms with Crippen LogP contribution in [0.1, 0.15) is 12.0 Å². The lowest BCUT2D eigenvalue weighted by atomic mass is 10.2. The maximum atomic E-state index is 12.2. The summed E-state index contributed by atoms with van der Waals surface area (Å²) in [5.41, 5.74) is 1.99. The minimum Gasteiger partial charge on any atom is -0.325 e. The number of carbonyl (C=O) groups excluding carboxylic acids is 1. The van der Waals surface area contributed by atoms with Crippen LogP contribution in [-0.2, 0) is 4.79 Å². The van der Waals surface area contributed by atoms with Gasteiger partial charge in [-0.15, -0.1) is 12.4 Å². The first-order valence-corrected chi connectivity index (χ1v) is 9.14. The molecular weight excluding hydrogens is 392 g/mol. The van der Waals surface area contributed by atoms with E-state index in [9.17, 15) is 4.79 Å². The molecule has 2 aliphatic heterocycles. The van der Waals surface area contributed by atoms with Crippen LogP contribution in [0.15, 0.2) is 22.7 Å². The first-order valence-electron chi connectivity index (χ1n) is 8.35. The summed E-state index contributed by atoms with van der Waals surface area (Å²) in [7, 11) is 0. The van der Waals surface area contributed by atoms with Gasteiger partial charge in [-0.1, -0.05) is 15.9 Å². The van der Waals surface area contributed by atoms with Gasteiger partial charge in [-0.2, -0.15) is 0 Å². The Labute approximate surface area is 158 Å². The number of hydrogen-bond donors (Lipinski definition) is 2. The third-order valence-electron chi connectivity index (χ3n) is 4.77. The number of benzene rings is 1. The molecule has 3 rings (SSSR count). The molecule has 0 aromatic heterocycles. The molecular formula is C17H26BrClN4O. The number of amides is 1. The molecule has 2 saturated heterocycles. The van der Waals surface area contributed by atoms with Crippen molar-refractivity contribution in [2.45, 2.75) is 19.4 Å². The second-order valence-corrected chi connectivity index (χ2v) is 7.33. The van der Waals surface area contributed by atoms with Gasteiger partial charge >= 0.3 is 0 Å². The van der Waals surface area contributed by atoms with Crippen molar-refractivity contribution in [3.05, 3.63) is 28.2 Å². The molecule has 5 nitrogen and oxygen atoms in total. The summed E-state index contributed by atoms with van der Waals surface area (Å²) in [5.74, 6) is 0.0719. The van der Waals surface area contributed by atoms with Crippen LogP contribution in [0.3, 0.4) is 0 Å². The van der Waals surface area contributed by atoms with Crippen molar-refractivity contribution in [3.63, 3.8) is 0 Å². The molecule has 1 aromatic rings. The van der Waals surface area contributed by atoms with E-state index in [-0.39, 0.29) is 18.3 Å². The number of rotatable bonds is 4. The number of piperazine rings is 1. The lowest BCUT2D eigenvalue weighted by molar-refractivity contribution is -0.117. The summed E-state index contributed by atoms with van der Waals surface area (Å²) < 4.78 is 1.06. The fourth-order valence-corrected chi connectivity index (χ4v) is 3.61. The van der Waals surface area contributed by atoms with Gasteiger partial charge in [0, 0.05) is 48.9 Å². The van der Waals surface area contributed by atoms with Crippen LogP contribution >= 0.6 is 28.3 Å². The average molecular weight is 418 g/mol. The van der Waals surface area contributed by atoms with Gasteiger partial charge < -0.3 is 10.6 Å². The maximum absolute atomic E-state index is 12.2. The highest BCUT2D eigenvalue weighted by Crippen LogP contribution is 2.20. The number of carbonyl (C=O) groups is 1. The molecule has 2 heterocycles. The van der Waals surface area contributed by atoms with E-state index in [2.05, 4.69) is 36.4 Å². The molecule has 0 aliphatic carbocycles. The predicted octanol–water partition coefficient (Wildman–Crippen LogP) is 2.10. The highest BCUT2D eigenvalue weighted by molar-refractivity contribution is 9.10. The predicted molar refractivity (Wildman–Crippen MR) is 104 cm³/mol. The van der Waals surface area contributed by atoms with Gasteiger partial charge in [0.2, 0.25) is 5.91 Å². The van der Waals surface area contributed by atoms with Crippen LogP contribution in [0.4, 0.5) is 5.69 Å². The second kappa shape index (κ2) is 9.15. The first kappa shape index (κ1) is 19.7. The van der Waals surface area contributed by atoms with Crippen LogP contribution in [0.25, 0.3) is 0 Å². The Balaban J connectivity index is 0.00000208. The Bertz CT molecular complexity index is 558. The zero-order chi connectivity index (χ0) is 16.2. The van der Waals surface area contributed by atoms with Crippen LogP contribution in [0.2, 0.25) is 0 Å². The molecule has 0 saturated carbocycles. The molecule has 134 valence electrons. The monoisotopic (exact) mass is 416 g/mol. The zero-order valence-corrected chi connectivity index (χ0v) is 16.5. The van der Waals surface area contributed by atoms with Gasteiger partial charge in [0.1, 0.15) is 0 Å². The molecule has 1 aromatic carbocycles. The van der Waals surface area contributed by atoms with Crippen molar-refractivity contribution in [3.8, 4) is 0 Å². The molecule has 2 fully saturated rings. The van der Waals surface area contributed by atoms with Gasteiger partial charge in [-0.05, 0) is 43.7 Å². The minimum atomic E-state index is 0. The van der Waals surface area contributed by atoms with Crippen LogP contribution in [-0.4, -0.2) is 67.6 Å². The third-order valence-corrected chi connectivity index (χ3v) is 5.66. The van der Waals surface area contributed by atoms with Gasteiger partial charge in [-0.3, -0.25) is 14.6 Å². The summed E-state index contributed by atoms with van der Waals surface area (Å²) in [4.78, 5) is 17.0. The third kappa shape index (κ3) is 5.17. The molecule has 0 spiro atoms. The number of hydrogen-bond acceptors (Lipinski definition) is 4. The van der Waals surface area contributed by atoms with E-state index in [4.69, 9.17) is 0 Å². The summed E-state index contributed by atoms with van der Waals surface area (Å²) >= 11 is 3.48. The van der Waals surface area contributed by atoms with Gasteiger partial charge in [0.25, 0.3) is 0 Å². The van der Waals surface area contributed by atoms with E-state index in [1.165, 1.54) is 6.42 Å². The molecule has 1 atom stereocenters. The van der Waals surface area contributed by atoms with E-state index >= 15 is 0 Å². The first-order chi connectivity index (χ1) is 11.1. The average Bonchev–Trinajstić information content (AvgIpc) is 3.06. The van der Waals surface area contributed by atoms with E-state index in [1.54, 1.807) is 0 Å². The van der Waals surface area contributed by atoms with Crippen molar-refractivity contribution >= 4 is 39.9 Å². The van der Waals surface area contributed by atoms with Crippen LogP contribution in [0.5, 0.6) is 0 Å². The van der Waals surface area contributed by atoms with Crippen LogP contribution in [0, 0.1) is 6.92 Å². The van der Waals surface area contributed by atoms with Crippen molar-refractivity contribution in [2.75, 3.05) is 51.1 Å². The smallest absolute Gasteiger partial charge is 0.238 e. The molecule has 0 bridgehead atoms. The molecule has 24 heavy (non-hydrogen) atoms. The molecule has 0 radical (unpaired) electrons. The normalized spacial score (nSPS) is 22.2. The fraction of sp³-hybridized carbons (Fsp3) is 0.588. The highest BCUT2D eigenvalue weighted by atomic mass is 79.9. The molecule has 1 amide bonds. The Kier molecular flexibility index (Phi) is 7.50. The largest absolute Gasteiger partial charge is 0.325 e. The fourth-order valence-electron chi connectivity index (χ4n) is 3.36. The van der Waals surface area contributed by atoms with E-state index in [0.29, 0.717) is 12.6 Å². The number of nitrogens with zero attached hydrogens (tertiary/aromatic N) is 2. The van der Waals surface area contributed by atoms with E-state index in [1.807, 2.05) is 25.1 Å². The summed E-state index contributed by atoms with van der Waals surface area (Å²) in [6, 6.07) is 6.59. The number of aryl methyl sites for hydroxylation is 1. The molecule has 2 N–H and O–H groups in total. The molecule has 7 heteroatoms. The van der Waals surface area contributed by atoms with Gasteiger partial charge in [0.05, 0.1) is 6.54 Å². The van der Waals surface area contributed by atoms with E-state index in [0.717, 1.165) is 55.0 Å². The minimum absolute atomic E-state index is 0.